The lowest BCUT2D eigenvalue weighted by Crippen LogP contribution is -2.43. The molecule has 2 aliphatic rings. The minimum absolute atomic E-state index is 0.183. The monoisotopic (exact) mass is 499 g/mol. The number of fused-ring (bicyclic) bond motifs is 3. The van der Waals surface area contributed by atoms with Crippen LogP contribution in [0.5, 0.6) is 0 Å². The van der Waals surface area contributed by atoms with Crippen LogP contribution in [0.15, 0.2) is 77.7 Å². The van der Waals surface area contributed by atoms with E-state index < -0.39 is 10.0 Å². The first kappa shape index (κ1) is 22.6. The summed E-state index contributed by atoms with van der Waals surface area (Å²) in [6.45, 7) is 1.87. The normalized spacial score (nSPS) is 16.0. The molecule has 1 aromatic heterocycles. The van der Waals surface area contributed by atoms with Crippen LogP contribution >= 0.6 is 0 Å². The van der Waals surface area contributed by atoms with Crippen LogP contribution in [0.3, 0.4) is 0 Å². The van der Waals surface area contributed by atoms with Gasteiger partial charge in [0.05, 0.1) is 15.9 Å². The van der Waals surface area contributed by atoms with Crippen molar-refractivity contribution in [1.29, 1.82) is 0 Å². The van der Waals surface area contributed by atoms with Crippen molar-refractivity contribution in [3.05, 3.63) is 89.5 Å². The van der Waals surface area contributed by atoms with Crippen LogP contribution in [0.2, 0.25) is 0 Å². The Bertz CT molecular complexity index is 1590. The van der Waals surface area contributed by atoms with E-state index in [1.165, 1.54) is 22.0 Å². The molecule has 3 aromatic carbocycles. The Hall–Kier alpha value is -3.82. The molecule has 36 heavy (non-hydrogen) atoms. The van der Waals surface area contributed by atoms with Gasteiger partial charge in [-0.2, -0.15) is 4.31 Å². The summed E-state index contributed by atoms with van der Waals surface area (Å²) in [5, 5.41) is 0. The van der Waals surface area contributed by atoms with E-state index in [4.69, 9.17) is 9.97 Å². The maximum Gasteiger partial charge on any atom is 0.259 e. The van der Waals surface area contributed by atoms with Gasteiger partial charge in [-0.25, -0.2) is 18.4 Å². The molecule has 0 unspecified atom stereocenters. The van der Waals surface area contributed by atoms with Gasteiger partial charge in [0, 0.05) is 38.8 Å². The van der Waals surface area contributed by atoms with Crippen LogP contribution in [0.25, 0.3) is 11.0 Å². The van der Waals surface area contributed by atoms with E-state index in [9.17, 15) is 13.2 Å². The third-order valence-corrected chi connectivity index (χ3v) is 8.75. The van der Waals surface area contributed by atoms with Crippen molar-refractivity contribution in [2.75, 3.05) is 36.5 Å². The fourth-order valence-electron chi connectivity index (χ4n) is 4.83. The smallest absolute Gasteiger partial charge is 0.259 e. The topological polar surface area (TPSA) is 86.7 Å². The van der Waals surface area contributed by atoms with E-state index >= 15 is 0 Å². The van der Waals surface area contributed by atoms with Gasteiger partial charge in [-0.3, -0.25) is 9.69 Å². The van der Waals surface area contributed by atoms with E-state index in [0.717, 1.165) is 11.1 Å². The first-order valence-corrected chi connectivity index (χ1v) is 13.3. The van der Waals surface area contributed by atoms with Crippen molar-refractivity contribution >= 4 is 38.6 Å². The third-order valence-electron chi connectivity index (χ3n) is 6.89. The lowest BCUT2D eigenvalue weighted by Gasteiger charge is -2.33. The highest BCUT2D eigenvalue weighted by Gasteiger charge is 2.31. The number of aromatic nitrogens is 2. The Morgan fingerprint density at radius 1 is 0.778 bits per heavy atom. The summed E-state index contributed by atoms with van der Waals surface area (Å²) in [5.74, 6) is 0.929. The van der Waals surface area contributed by atoms with Crippen LogP contribution < -0.4 is 9.80 Å². The van der Waals surface area contributed by atoms with E-state index in [-0.39, 0.29) is 10.8 Å². The van der Waals surface area contributed by atoms with E-state index in [0.29, 0.717) is 55.3 Å². The number of rotatable bonds is 3. The lowest BCUT2D eigenvalue weighted by molar-refractivity contribution is 0.0985. The summed E-state index contributed by atoms with van der Waals surface area (Å²) in [5.41, 5.74) is 4.11. The maximum absolute atomic E-state index is 13.5. The van der Waals surface area contributed by atoms with E-state index in [1.807, 2.05) is 60.5 Å². The fraction of sp³-hybridized carbons (Fsp3) is 0.222. The number of para-hydroxylation sites is 2. The molecule has 9 heteroatoms. The molecule has 8 nitrogen and oxygen atoms in total. The number of hydrogen-bond donors (Lipinski definition) is 0. The molecule has 0 spiro atoms. The Morgan fingerprint density at radius 2 is 1.42 bits per heavy atom. The second kappa shape index (κ2) is 8.69. The fourth-order valence-corrected chi connectivity index (χ4v) is 6.25. The summed E-state index contributed by atoms with van der Waals surface area (Å²) >= 11 is 0. The molecule has 0 aliphatic carbocycles. The molecular weight excluding hydrogens is 474 g/mol. The van der Waals surface area contributed by atoms with E-state index in [1.54, 1.807) is 17.0 Å². The molecule has 0 atom stereocenters. The lowest BCUT2D eigenvalue weighted by atomic mass is 10.0. The molecule has 182 valence electrons. The zero-order valence-electron chi connectivity index (χ0n) is 19.8. The van der Waals surface area contributed by atoms with Crippen molar-refractivity contribution in [2.45, 2.75) is 17.9 Å². The van der Waals surface area contributed by atoms with Gasteiger partial charge < -0.3 is 4.90 Å². The summed E-state index contributed by atoms with van der Waals surface area (Å²) in [7, 11) is -1.74. The predicted octanol–water partition coefficient (Wildman–Crippen LogP) is 3.47. The van der Waals surface area contributed by atoms with Gasteiger partial charge >= 0.3 is 0 Å². The minimum Gasteiger partial charge on any atom is -0.355 e. The first-order chi connectivity index (χ1) is 17.4. The molecule has 3 heterocycles. The molecule has 0 radical (unpaired) electrons. The van der Waals surface area contributed by atoms with Crippen molar-refractivity contribution in [3.63, 3.8) is 0 Å². The number of nitrogens with zero attached hydrogens (tertiary/aromatic N) is 5. The second-order valence-corrected chi connectivity index (χ2v) is 11.1. The Kier molecular flexibility index (Phi) is 5.46. The number of carbonyl (C=O) groups excluding carboxylic acids is 1. The largest absolute Gasteiger partial charge is 0.355 e. The summed E-state index contributed by atoms with van der Waals surface area (Å²) in [6, 6.07) is 21.7. The average molecular weight is 500 g/mol. The van der Waals surface area contributed by atoms with Gasteiger partial charge in [-0.1, -0.05) is 36.4 Å². The van der Waals surface area contributed by atoms with Gasteiger partial charge in [0.1, 0.15) is 0 Å². The molecule has 0 bridgehead atoms. The van der Waals surface area contributed by atoms with Gasteiger partial charge in [0.15, 0.2) is 11.6 Å². The number of benzene rings is 3. The molecule has 2 aliphatic heterocycles. The van der Waals surface area contributed by atoms with Crippen LogP contribution in [0.4, 0.5) is 11.6 Å². The van der Waals surface area contributed by atoms with Crippen molar-refractivity contribution < 1.29 is 13.2 Å². The number of anilines is 2. The zero-order valence-corrected chi connectivity index (χ0v) is 20.6. The predicted molar refractivity (Wildman–Crippen MR) is 139 cm³/mol. The standard InChI is InChI=1S/C27H25N5O3S/c1-30-16-17-32(26-25(30)28-23-8-4-5-9-24(23)29-26)27(33)20-10-12-22(13-11-20)36(34,35)31-15-14-19-6-2-3-7-21(19)18-31/h2-13H,14-18H2,1H3. The number of carbonyl (C=O) groups is 1. The van der Waals surface area contributed by atoms with Crippen molar-refractivity contribution in [1.82, 2.24) is 14.3 Å². The number of hydrogen-bond acceptors (Lipinski definition) is 6. The molecule has 0 saturated carbocycles. The van der Waals surface area contributed by atoms with Gasteiger partial charge in [0.25, 0.3) is 5.91 Å². The molecule has 0 fully saturated rings. The SMILES string of the molecule is CN1CCN(C(=O)c2ccc(S(=O)(=O)N3CCc4ccccc4C3)cc2)c2nc3ccccc3nc21. The van der Waals surface area contributed by atoms with Crippen LogP contribution in [0, 0.1) is 0 Å². The summed E-state index contributed by atoms with van der Waals surface area (Å²) in [6.07, 6.45) is 0.685. The van der Waals surface area contributed by atoms with Gasteiger partial charge in [-0.15, -0.1) is 0 Å². The molecule has 1 amide bonds. The molecular formula is C27H25N5O3S. The molecule has 6 rings (SSSR count). The Morgan fingerprint density at radius 3 is 2.14 bits per heavy atom. The first-order valence-electron chi connectivity index (χ1n) is 11.9. The highest BCUT2D eigenvalue weighted by molar-refractivity contribution is 7.89. The maximum atomic E-state index is 13.5. The van der Waals surface area contributed by atoms with Crippen LogP contribution in [-0.2, 0) is 23.0 Å². The number of amides is 1. The van der Waals surface area contributed by atoms with Crippen molar-refractivity contribution in [3.8, 4) is 0 Å². The quantitative estimate of drug-likeness (QED) is 0.429. The van der Waals surface area contributed by atoms with Gasteiger partial charge in [-0.05, 0) is 53.9 Å². The molecule has 4 aromatic rings. The van der Waals surface area contributed by atoms with Crippen LogP contribution in [-0.4, -0.2) is 55.3 Å². The molecule has 0 N–H and O–H groups in total. The second-order valence-electron chi connectivity index (χ2n) is 9.12. The highest BCUT2D eigenvalue weighted by atomic mass is 32.2. The summed E-state index contributed by atoms with van der Waals surface area (Å²) in [4.78, 5) is 26.7. The van der Waals surface area contributed by atoms with Gasteiger partial charge in [0.2, 0.25) is 10.0 Å². The number of sulfonamides is 1. The Balaban J connectivity index is 1.27. The Labute approximate surface area is 209 Å². The average Bonchev–Trinajstić information content (AvgIpc) is 2.92. The summed E-state index contributed by atoms with van der Waals surface area (Å²) < 4.78 is 28.1. The highest BCUT2D eigenvalue weighted by Crippen LogP contribution is 2.32. The van der Waals surface area contributed by atoms with E-state index in [2.05, 4.69) is 0 Å². The number of likely N-dealkylation sites (N-methyl/N-ethyl adjacent to an activating group) is 1. The zero-order chi connectivity index (χ0) is 24.9. The van der Waals surface area contributed by atoms with Crippen molar-refractivity contribution in [2.24, 2.45) is 0 Å². The minimum atomic E-state index is -3.67. The molecule has 0 saturated heterocycles. The van der Waals surface area contributed by atoms with Crippen LogP contribution in [0.1, 0.15) is 21.5 Å². The third kappa shape index (κ3) is 3.81.